The summed E-state index contributed by atoms with van der Waals surface area (Å²) in [5.74, 6) is 2.09. The Labute approximate surface area is 134 Å². The second-order valence-electron chi connectivity index (χ2n) is 6.95. The smallest absolute Gasteiger partial charge is 0.225 e. The molecule has 1 aromatic rings. The van der Waals surface area contributed by atoms with E-state index in [0.717, 1.165) is 17.7 Å². The molecule has 0 heterocycles. The van der Waals surface area contributed by atoms with Crippen molar-refractivity contribution >= 4 is 5.91 Å². The van der Waals surface area contributed by atoms with Gasteiger partial charge in [-0.25, -0.2) is 0 Å². The summed E-state index contributed by atoms with van der Waals surface area (Å²) in [6, 6.07) is 5.77. The topological polar surface area (TPSA) is 47.6 Å². The van der Waals surface area contributed by atoms with Gasteiger partial charge in [0.2, 0.25) is 5.91 Å². The van der Waals surface area contributed by atoms with E-state index in [-0.39, 0.29) is 11.3 Å². The number of amides is 1. The van der Waals surface area contributed by atoms with Crippen molar-refractivity contribution in [3.05, 3.63) is 23.8 Å². The van der Waals surface area contributed by atoms with Crippen molar-refractivity contribution in [2.75, 3.05) is 13.7 Å². The van der Waals surface area contributed by atoms with Gasteiger partial charge < -0.3 is 14.8 Å². The third kappa shape index (κ3) is 5.96. The number of ether oxygens (including phenoxy) is 2. The maximum atomic E-state index is 11.9. The van der Waals surface area contributed by atoms with Gasteiger partial charge in [-0.1, -0.05) is 40.7 Å². The molecule has 4 heteroatoms. The van der Waals surface area contributed by atoms with Crippen molar-refractivity contribution in [1.82, 2.24) is 5.32 Å². The SMILES string of the molecule is COc1cc(CNC(=O)C(C)(C)C)ccc1OCCC(C)C. The van der Waals surface area contributed by atoms with Crippen LogP contribution in [0, 0.1) is 11.3 Å². The van der Waals surface area contributed by atoms with Crippen LogP contribution in [0.25, 0.3) is 0 Å². The Kier molecular flexibility index (Phi) is 6.72. The Bertz CT molecular complexity index is 490. The summed E-state index contributed by atoms with van der Waals surface area (Å²) < 4.78 is 11.1. The van der Waals surface area contributed by atoms with Gasteiger partial charge in [-0.05, 0) is 30.0 Å². The minimum Gasteiger partial charge on any atom is -0.493 e. The number of rotatable bonds is 7. The van der Waals surface area contributed by atoms with Gasteiger partial charge in [-0.15, -0.1) is 0 Å². The molecule has 0 radical (unpaired) electrons. The van der Waals surface area contributed by atoms with E-state index in [1.807, 2.05) is 39.0 Å². The van der Waals surface area contributed by atoms with E-state index in [9.17, 15) is 4.79 Å². The van der Waals surface area contributed by atoms with Crippen LogP contribution in [-0.4, -0.2) is 19.6 Å². The molecule has 1 amide bonds. The van der Waals surface area contributed by atoms with Crippen molar-refractivity contribution in [3.63, 3.8) is 0 Å². The predicted molar refractivity (Wildman–Crippen MR) is 89.2 cm³/mol. The minimum atomic E-state index is -0.385. The highest BCUT2D eigenvalue weighted by atomic mass is 16.5. The average molecular weight is 307 g/mol. The van der Waals surface area contributed by atoms with Crippen LogP contribution in [0.5, 0.6) is 11.5 Å². The number of carbonyl (C=O) groups excluding carboxylic acids is 1. The van der Waals surface area contributed by atoms with Gasteiger partial charge in [0.15, 0.2) is 11.5 Å². The molecule has 1 aromatic carbocycles. The molecule has 1 rings (SSSR count). The molecule has 22 heavy (non-hydrogen) atoms. The number of methoxy groups -OCH3 is 1. The molecule has 0 saturated heterocycles. The molecule has 4 nitrogen and oxygen atoms in total. The zero-order valence-corrected chi connectivity index (χ0v) is 14.7. The van der Waals surface area contributed by atoms with Crippen LogP contribution in [0.1, 0.15) is 46.6 Å². The van der Waals surface area contributed by atoms with Crippen molar-refractivity contribution in [3.8, 4) is 11.5 Å². The molecule has 0 atom stereocenters. The van der Waals surface area contributed by atoms with Crippen LogP contribution in [0.4, 0.5) is 0 Å². The number of carbonyl (C=O) groups is 1. The Morgan fingerprint density at radius 1 is 1.23 bits per heavy atom. The van der Waals surface area contributed by atoms with Crippen LogP contribution < -0.4 is 14.8 Å². The molecule has 0 aliphatic carbocycles. The monoisotopic (exact) mass is 307 g/mol. The first-order valence-corrected chi connectivity index (χ1v) is 7.82. The van der Waals surface area contributed by atoms with Gasteiger partial charge in [-0.3, -0.25) is 4.79 Å². The van der Waals surface area contributed by atoms with Crippen LogP contribution in [0.2, 0.25) is 0 Å². The standard InChI is InChI=1S/C18H29NO3/c1-13(2)9-10-22-15-8-7-14(11-16(15)21-6)12-19-17(20)18(3,4)5/h7-8,11,13H,9-10,12H2,1-6H3,(H,19,20). The first-order chi connectivity index (χ1) is 10.2. The van der Waals surface area contributed by atoms with E-state index in [1.165, 1.54) is 0 Å². The molecule has 0 bridgehead atoms. The van der Waals surface area contributed by atoms with Crippen LogP contribution in [-0.2, 0) is 11.3 Å². The summed E-state index contributed by atoms with van der Waals surface area (Å²) in [5, 5.41) is 2.93. The largest absolute Gasteiger partial charge is 0.493 e. The summed E-state index contributed by atoms with van der Waals surface area (Å²) in [4.78, 5) is 11.9. The van der Waals surface area contributed by atoms with Gasteiger partial charge in [0.25, 0.3) is 0 Å². The lowest BCUT2D eigenvalue weighted by atomic mass is 9.95. The fraction of sp³-hybridized carbons (Fsp3) is 0.611. The van der Waals surface area contributed by atoms with Crippen LogP contribution >= 0.6 is 0 Å². The lowest BCUT2D eigenvalue weighted by molar-refractivity contribution is -0.128. The molecular formula is C18H29NO3. The quantitative estimate of drug-likeness (QED) is 0.834. The van der Waals surface area contributed by atoms with E-state index in [0.29, 0.717) is 24.8 Å². The van der Waals surface area contributed by atoms with Gasteiger partial charge >= 0.3 is 0 Å². The van der Waals surface area contributed by atoms with Crippen molar-refractivity contribution in [1.29, 1.82) is 0 Å². The maximum absolute atomic E-state index is 11.9. The molecule has 0 aromatic heterocycles. The molecule has 0 saturated carbocycles. The second kappa shape index (κ2) is 8.06. The Hall–Kier alpha value is -1.71. The predicted octanol–water partition coefficient (Wildman–Crippen LogP) is 3.78. The summed E-state index contributed by atoms with van der Waals surface area (Å²) in [6.45, 7) is 11.2. The normalized spacial score (nSPS) is 11.4. The van der Waals surface area contributed by atoms with Crippen LogP contribution in [0.15, 0.2) is 18.2 Å². The molecule has 0 spiro atoms. The van der Waals surface area contributed by atoms with Gasteiger partial charge in [0.1, 0.15) is 0 Å². The first-order valence-electron chi connectivity index (χ1n) is 7.82. The number of benzene rings is 1. The summed E-state index contributed by atoms with van der Waals surface area (Å²) in [6.07, 6.45) is 1.01. The minimum absolute atomic E-state index is 0.0312. The highest BCUT2D eigenvalue weighted by Crippen LogP contribution is 2.28. The van der Waals surface area contributed by atoms with Crippen LogP contribution in [0.3, 0.4) is 0 Å². The zero-order valence-electron chi connectivity index (χ0n) is 14.7. The fourth-order valence-electron chi connectivity index (χ4n) is 1.79. The molecule has 0 fully saturated rings. The Morgan fingerprint density at radius 3 is 2.45 bits per heavy atom. The third-order valence-corrected chi connectivity index (χ3v) is 3.32. The Balaban J connectivity index is 2.66. The van der Waals surface area contributed by atoms with E-state index < -0.39 is 0 Å². The van der Waals surface area contributed by atoms with Gasteiger partial charge in [0.05, 0.1) is 13.7 Å². The van der Waals surface area contributed by atoms with E-state index in [1.54, 1.807) is 7.11 Å². The lowest BCUT2D eigenvalue weighted by Crippen LogP contribution is -2.34. The molecule has 0 aliphatic rings. The first kappa shape index (κ1) is 18.3. The molecule has 0 unspecified atom stereocenters. The highest BCUT2D eigenvalue weighted by molar-refractivity contribution is 5.81. The third-order valence-electron chi connectivity index (χ3n) is 3.32. The summed E-state index contributed by atoms with van der Waals surface area (Å²) >= 11 is 0. The molecular weight excluding hydrogens is 278 g/mol. The lowest BCUT2D eigenvalue weighted by Gasteiger charge is -2.18. The number of nitrogens with one attached hydrogen (secondary N) is 1. The molecule has 1 N–H and O–H groups in total. The molecule has 0 aliphatic heterocycles. The highest BCUT2D eigenvalue weighted by Gasteiger charge is 2.20. The average Bonchev–Trinajstić information content (AvgIpc) is 2.44. The van der Waals surface area contributed by atoms with Crippen molar-refractivity contribution < 1.29 is 14.3 Å². The fourth-order valence-corrected chi connectivity index (χ4v) is 1.79. The van der Waals surface area contributed by atoms with E-state index in [2.05, 4.69) is 19.2 Å². The number of hydrogen-bond donors (Lipinski definition) is 1. The van der Waals surface area contributed by atoms with Crippen molar-refractivity contribution in [2.45, 2.75) is 47.6 Å². The number of hydrogen-bond acceptors (Lipinski definition) is 3. The molecule has 124 valence electrons. The van der Waals surface area contributed by atoms with Gasteiger partial charge in [-0.2, -0.15) is 0 Å². The summed E-state index contributed by atoms with van der Waals surface area (Å²) in [7, 11) is 1.63. The van der Waals surface area contributed by atoms with Gasteiger partial charge in [0, 0.05) is 12.0 Å². The zero-order chi connectivity index (χ0) is 16.8. The maximum Gasteiger partial charge on any atom is 0.225 e. The summed E-state index contributed by atoms with van der Waals surface area (Å²) in [5.41, 5.74) is 0.606. The Morgan fingerprint density at radius 2 is 1.91 bits per heavy atom. The van der Waals surface area contributed by atoms with E-state index >= 15 is 0 Å². The second-order valence-corrected chi connectivity index (χ2v) is 6.95. The van der Waals surface area contributed by atoms with E-state index in [4.69, 9.17) is 9.47 Å². The van der Waals surface area contributed by atoms with Crippen molar-refractivity contribution in [2.24, 2.45) is 11.3 Å².